The molecule has 0 aromatic carbocycles. The Morgan fingerprint density at radius 1 is 1.46 bits per heavy atom. The Balaban J connectivity index is 3.49. The molecular formula is C8H18FNOS2. The number of hydrogen-bond donors (Lipinski definition) is 1. The molecule has 0 saturated carbocycles. The van der Waals surface area contributed by atoms with Gasteiger partial charge < -0.3 is 0 Å². The van der Waals surface area contributed by atoms with E-state index in [4.69, 9.17) is 0 Å². The van der Waals surface area contributed by atoms with E-state index in [0.717, 1.165) is 5.75 Å². The van der Waals surface area contributed by atoms with Crippen LogP contribution >= 0.6 is 11.8 Å². The molecule has 0 saturated heterocycles. The average Bonchev–Trinajstić information content (AvgIpc) is 2.04. The van der Waals surface area contributed by atoms with Gasteiger partial charge >= 0.3 is 0 Å². The van der Waals surface area contributed by atoms with Gasteiger partial charge in [0, 0.05) is 12.3 Å². The lowest BCUT2D eigenvalue weighted by Gasteiger charge is -2.08. The smallest absolute Gasteiger partial charge is 0.197 e. The normalized spacial score (nSPS) is 16.1. The van der Waals surface area contributed by atoms with Gasteiger partial charge in [0.25, 0.3) is 0 Å². The first kappa shape index (κ1) is 13.4. The molecule has 0 radical (unpaired) electrons. The van der Waals surface area contributed by atoms with Crippen LogP contribution in [0.25, 0.3) is 0 Å². The van der Waals surface area contributed by atoms with Crippen molar-refractivity contribution in [2.45, 2.75) is 26.3 Å². The molecule has 5 heteroatoms. The minimum atomic E-state index is -1.52. The van der Waals surface area contributed by atoms with Gasteiger partial charge in [-0.2, -0.15) is 11.8 Å². The van der Waals surface area contributed by atoms with Crippen molar-refractivity contribution < 1.29 is 8.60 Å². The van der Waals surface area contributed by atoms with E-state index in [9.17, 15) is 8.60 Å². The Kier molecular flexibility index (Phi) is 8.00. The summed E-state index contributed by atoms with van der Waals surface area (Å²) in [6.45, 7) is 6.52. The fourth-order valence-corrected chi connectivity index (χ4v) is 2.73. The zero-order valence-electron chi connectivity index (χ0n) is 8.38. The number of halogens is 1. The van der Waals surface area contributed by atoms with Gasteiger partial charge in [-0.05, 0) is 11.7 Å². The van der Waals surface area contributed by atoms with Crippen LogP contribution in [0.15, 0.2) is 0 Å². The summed E-state index contributed by atoms with van der Waals surface area (Å²) in [5, 5.41) is 0. The van der Waals surface area contributed by atoms with Crippen LogP contribution in [0.3, 0.4) is 0 Å². The summed E-state index contributed by atoms with van der Waals surface area (Å²) in [6.07, 6.45) is 0. The van der Waals surface area contributed by atoms with Crippen molar-refractivity contribution in [2.75, 3.05) is 18.1 Å². The molecule has 1 N–H and O–H groups in total. The summed E-state index contributed by atoms with van der Waals surface area (Å²) >= 11 is 1.52. The number of thioether (sulfide) groups is 1. The highest BCUT2D eigenvalue weighted by Crippen LogP contribution is 2.11. The highest BCUT2D eigenvalue weighted by Gasteiger charge is 2.14. The predicted octanol–water partition coefficient (Wildman–Crippen LogP) is 1.94. The average molecular weight is 227 g/mol. The fraction of sp³-hybridized carbons (Fsp3) is 1.00. The van der Waals surface area contributed by atoms with Crippen LogP contribution in [-0.2, 0) is 11.0 Å². The van der Waals surface area contributed by atoms with Crippen molar-refractivity contribution in [2.24, 2.45) is 5.92 Å². The standard InChI is InChI=1S/C8H18FNOS2/c1-4-10-13(11)8(9)6-12-5-7(2)3/h7-8,10H,4-6H2,1-3H3. The second-order valence-corrected chi connectivity index (χ2v) is 5.61. The van der Waals surface area contributed by atoms with Crippen LogP contribution in [0.5, 0.6) is 0 Å². The minimum absolute atomic E-state index is 0.317. The molecule has 0 rings (SSSR count). The molecule has 0 aliphatic heterocycles. The third-order valence-corrected chi connectivity index (χ3v) is 4.07. The second-order valence-electron chi connectivity index (χ2n) is 3.14. The topological polar surface area (TPSA) is 29.1 Å². The van der Waals surface area contributed by atoms with E-state index in [-0.39, 0.29) is 0 Å². The first-order chi connectivity index (χ1) is 6.07. The quantitative estimate of drug-likeness (QED) is 0.720. The maximum absolute atomic E-state index is 13.1. The Hall–Kier alpha value is 0.390. The van der Waals surface area contributed by atoms with Crippen molar-refractivity contribution in [1.82, 2.24) is 4.72 Å². The molecule has 0 aromatic heterocycles. The maximum atomic E-state index is 13.1. The van der Waals surface area contributed by atoms with Crippen molar-refractivity contribution in [3.63, 3.8) is 0 Å². The lowest BCUT2D eigenvalue weighted by Crippen LogP contribution is -2.26. The number of alkyl halides is 1. The Bertz CT molecular complexity index is 155. The highest BCUT2D eigenvalue weighted by atomic mass is 32.2. The minimum Gasteiger partial charge on any atom is -0.240 e. The molecule has 0 spiro atoms. The zero-order chi connectivity index (χ0) is 10.3. The lowest BCUT2D eigenvalue weighted by molar-refractivity contribution is 0.469. The zero-order valence-corrected chi connectivity index (χ0v) is 10.0. The summed E-state index contributed by atoms with van der Waals surface area (Å²) in [6, 6.07) is 0. The third-order valence-electron chi connectivity index (χ3n) is 1.22. The lowest BCUT2D eigenvalue weighted by atomic mass is 10.3. The summed E-state index contributed by atoms with van der Waals surface area (Å²) < 4.78 is 26.6. The Morgan fingerprint density at radius 3 is 2.54 bits per heavy atom. The first-order valence-corrected chi connectivity index (χ1v) is 6.80. The van der Waals surface area contributed by atoms with Crippen LogP contribution in [0.1, 0.15) is 20.8 Å². The van der Waals surface area contributed by atoms with E-state index in [1.165, 1.54) is 11.8 Å². The highest BCUT2D eigenvalue weighted by molar-refractivity contribution is 8.00. The summed E-state index contributed by atoms with van der Waals surface area (Å²) in [5.74, 6) is 1.80. The van der Waals surface area contributed by atoms with Gasteiger partial charge in [0.1, 0.15) is 11.0 Å². The molecule has 0 aliphatic rings. The third kappa shape index (κ3) is 7.46. The summed E-state index contributed by atoms with van der Waals surface area (Å²) in [5.41, 5.74) is -1.25. The molecule has 0 fully saturated rings. The van der Waals surface area contributed by atoms with Gasteiger partial charge in [0.05, 0.1) is 0 Å². The van der Waals surface area contributed by atoms with Gasteiger partial charge in [-0.3, -0.25) is 0 Å². The Morgan fingerprint density at radius 2 is 2.08 bits per heavy atom. The molecule has 2 atom stereocenters. The summed E-state index contributed by atoms with van der Waals surface area (Å²) in [7, 11) is -1.52. The van der Waals surface area contributed by atoms with Crippen LogP contribution in [0.4, 0.5) is 4.39 Å². The van der Waals surface area contributed by atoms with E-state index in [0.29, 0.717) is 18.2 Å². The van der Waals surface area contributed by atoms with E-state index in [1.807, 2.05) is 6.92 Å². The first-order valence-electron chi connectivity index (χ1n) is 4.43. The molecular weight excluding hydrogens is 209 g/mol. The van der Waals surface area contributed by atoms with E-state index >= 15 is 0 Å². The SMILES string of the molecule is CCNS(=O)C(F)CSCC(C)C. The van der Waals surface area contributed by atoms with Gasteiger partial charge in [0.15, 0.2) is 5.50 Å². The van der Waals surface area contributed by atoms with Crippen molar-refractivity contribution in [1.29, 1.82) is 0 Å². The van der Waals surface area contributed by atoms with Crippen molar-refractivity contribution in [3.8, 4) is 0 Å². The fourth-order valence-electron chi connectivity index (χ4n) is 0.691. The van der Waals surface area contributed by atoms with E-state index < -0.39 is 16.5 Å². The molecule has 0 amide bonds. The van der Waals surface area contributed by atoms with Crippen LogP contribution < -0.4 is 4.72 Å². The molecule has 2 unspecified atom stereocenters. The predicted molar refractivity (Wildman–Crippen MR) is 58.9 cm³/mol. The monoisotopic (exact) mass is 227 g/mol. The largest absolute Gasteiger partial charge is 0.240 e. The number of nitrogens with one attached hydrogen (secondary N) is 1. The van der Waals surface area contributed by atoms with E-state index in [1.54, 1.807) is 0 Å². The molecule has 0 heterocycles. The molecule has 80 valence electrons. The molecule has 0 aliphatic carbocycles. The summed E-state index contributed by atoms with van der Waals surface area (Å²) in [4.78, 5) is 0. The van der Waals surface area contributed by atoms with Crippen molar-refractivity contribution in [3.05, 3.63) is 0 Å². The van der Waals surface area contributed by atoms with Crippen LogP contribution in [-0.4, -0.2) is 27.8 Å². The molecule has 0 bridgehead atoms. The van der Waals surface area contributed by atoms with Gasteiger partial charge in [-0.25, -0.2) is 13.3 Å². The van der Waals surface area contributed by atoms with Gasteiger partial charge in [-0.15, -0.1) is 0 Å². The van der Waals surface area contributed by atoms with Crippen molar-refractivity contribution >= 4 is 22.7 Å². The number of hydrogen-bond acceptors (Lipinski definition) is 2. The molecule has 2 nitrogen and oxygen atoms in total. The van der Waals surface area contributed by atoms with Gasteiger partial charge in [0.2, 0.25) is 0 Å². The van der Waals surface area contributed by atoms with Crippen LogP contribution in [0.2, 0.25) is 0 Å². The van der Waals surface area contributed by atoms with Crippen LogP contribution in [0, 0.1) is 5.92 Å². The second kappa shape index (κ2) is 7.76. The molecule has 0 aromatic rings. The maximum Gasteiger partial charge on any atom is 0.197 e. The molecule has 13 heavy (non-hydrogen) atoms. The van der Waals surface area contributed by atoms with Gasteiger partial charge in [-0.1, -0.05) is 20.8 Å². The number of rotatable bonds is 7. The Labute approximate surface area is 86.6 Å². The van der Waals surface area contributed by atoms with E-state index in [2.05, 4.69) is 18.6 Å².